The number of anilines is 1. The first kappa shape index (κ1) is 24.0. The number of hydrogen-bond donors (Lipinski definition) is 2. The summed E-state index contributed by atoms with van der Waals surface area (Å²) in [6, 6.07) is 16.0. The molecule has 0 spiro atoms. The molecule has 1 aliphatic heterocycles. The number of rotatable bonds is 9. The van der Waals surface area contributed by atoms with Crippen LogP contribution in [0.1, 0.15) is 12.8 Å². The summed E-state index contributed by atoms with van der Waals surface area (Å²) < 4.78 is 26.8. The molecule has 2 amide bonds. The number of amides is 2. The smallest absolute Gasteiger partial charge is 0.240 e. The number of para-hydroxylation sites is 1. The van der Waals surface area contributed by atoms with Gasteiger partial charge in [-0.1, -0.05) is 35.9 Å². The van der Waals surface area contributed by atoms with Crippen molar-refractivity contribution in [2.45, 2.75) is 17.7 Å². The molecule has 0 saturated carbocycles. The van der Waals surface area contributed by atoms with Gasteiger partial charge in [-0.25, -0.2) is 13.1 Å². The monoisotopic (exact) mass is 478 g/mol. The van der Waals surface area contributed by atoms with Crippen LogP contribution in [0.4, 0.5) is 5.69 Å². The zero-order chi connectivity index (χ0) is 23.0. The summed E-state index contributed by atoms with van der Waals surface area (Å²) in [5.41, 5.74) is 1.15. The lowest BCUT2D eigenvalue weighted by Crippen LogP contribution is -2.49. The van der Waals surface area contributed by atoms with Crippen molar-refractivity contribution in [3.05, 3.63) is 59.6 Å². The quantitative estimate of drug-likeness (QED) is 0.573. The van der Waals surface area contributed by atoms with Gasteiger partial charge in [0.05, 0.1) is 4.90 Å². The summed E-state index contributed by atoms with van der Waals surface area (Å²) in [5, 5.41) is 2.99. The Balaban J connectivity index is 1.32. The third-order valence-electron chi connectivity index (χ3n) is 5.17. The standard InChI is InChI=1S/C22H27ClN4O4S/c23-18-5-4-8-20(17-18)32(30,31)25-12-9-21(28)24-11-10-22(29)27-15-13-26(14-16-27)19-6-2-1-3-7-19/h1-8,17,25H,9-16H2,(H,24,28). The minimum atomic E-state index is -3.73. The van der Waals surface area contributed by atoms with Gasteiger partial charge in [-0.15, -0.1) is 0 Å². The van der Waals surface area contributed by atoms with E-state index < -0.39 is 10.0 Å². The van der Waals surface area contributed by atoms with Gasteiger partial charge in [0.15, 0.2) is 0 Å². The van der Waals surface area contributed by atoms with Gasteiger partial charge in [-0.05, 0) is 30.3 Å². The van der Waals surface area contributed by atoms with Crippen LogP contribution in [0.3, 0.4) is 0 Å². The lowest BCUT2D eigenvalue weighted by Gasteiger charge is -2.36. The van der Waals surface area contributed by atoms with Crippen LogP contribution in [0.5, 0.6) is 0 Å². The van der Waals surface area contributed by atoms with E-state index in [-0.39, 0.29) is 42.6 Å². The van der Waals surface area contributed by atoms with Crippen molar-refractivity contribution in [3.63, 3.8) is 0 Å². The average molecular weight is 479 g/mol. The molecule has 0 aliphatic carbocycles. The summed E-state index contributed by atoms with van der Waals surface area (Å²) in [6.45, 7) is 3.01. The van der Waals surface area contributed by atoms with Crippen LogP contribution >= 0.6 is 11.6 Å². The van der Waals surface area contributed by atoms with E-state index in [1.165, 1.54) is 12.1 Å². The van der Waals surface area contributed by atoms with Crippen molar-refractivity contribution >= 4 is 39.1 Å². The van der Waals surface area contributed by atoms with E-state index in [4.69, 9.17) is 11.6 Å². The number of halogens is 1. The molecular formula is C22H27ClN4O4S. The minimum absolute atomic E-state index is 0.000305. The second-order valence-electron chi connectivity index (χ2n) is 7.41. The number of carbonyl (C=O) groups excluding carboxylic acids is 2. The molecule has 1 saturated heterocycles. The molecule has 0 atom stereocenters. The summed E-state index contributed by atoms with van der Waals surface area (Å²) >= 11 is 5.82. The van der Waals surface area contributed by atoms with Gasteiger partial charge in [0.1, 0.15) is 0 Å². The Morgan fingerprint density at radius 2 is 1.62 bits per heavy atom. The van der Waals surface area contributed by atoms with E-state index in [0.29, 0.717) is 18.1 Å². The molecular weight excluding hydrogens is 452 g/mol. The van der Waals surface area contributed by atoms with E-state index in [9.17, 15) is 18.0 Å². The summed E-state index contributed by atoms with van der Waals surface area (Å²) in [5.74, 6) is -0.319. The van der Waals surface area contributed by atoms with Crippen molar-refractivity contribution in [1.29, 1.82) is 0 Å². The highest BCUT2D eigenvalue weighted by Gasteiger charge is 2.21. The predicted molar refractivity (Wildman–Crippen MR) is 124 cm³/mol. The van der Waals surface area contributed by atoms with Gasteiger partial charge < -0.3 is 15.1 Å². The Morgan fingerprint density at radius 3 is 2.31 bits per heavy atom. The number of benzene rings is 2. The number of nitrogens with zero attached hydrogens (tertiary/aromatic N) is 2. The van der Waals surface area contributed by atoms with Gasteiger partial charge in [0.25, 0.3) is 0 Å². The molecule has 1 fully saturated rings. The van der Waals surface area contributed by atoms with E-state index in [2.05, 4.69) is 27.1 Å². The van der Waals surface area contributed by atoms with Crippen molar-refractivity contribution in [2.75, 3.05) is 44.2 Å². The first-order valence-corrected chi connectivity index (χ1v) is 12.3. The lowest BCUT2D eigenvalue weighted by atomic mass is 10.2. The first-order valence-electron chi connectivity index (χ1n) is 10.4. The van der Waals surface area contributed by atoms with Gasteiger partial charge in [-0.2, -0.15) is 0 Å². The van der Waals surface area contributed by atoms with E-state index in [1.54, 1.807) is 12.1 Å². The number of hydrogen-bond acceptors (Lipinski definition) is 5. The summed E-state index contributed by atoms with van der Waals surface area (Å²) in [6.07, 6.45) is 0.190. The average Bonchev–Trinajstić information content (AvgIpc) is 2.79. The highest BCUT2D eigenvalue weighted by atomic mass is 35.5. The molecule has 1 aliphatic rings. The molecule has 2 N–H and O–H groups in total. The lowest BCUT2D eigenvalue weighted by molar-refractivity contribution is -0.131. The highest BCUT2D eigenvalue weighted by molar-refractivity contribution is 7.89. The van der Waals surface area contributed by atoms with Crippen LogP contribution in [-0.2, 0) is 19.6 Å². The fraction of sp³-hybridized carbons (Fsp3) is 0.364. The third-order valence-corrected chi connectivity index (χ3v) is 6.86. The van der Waals surface area contributed by atoms with Gasteiger partial charge >= 0.3 is 0 Å². The molecule has 32 heavy (non-hydrogen) atoms. The van der Waals surface area contributed by atoms with Crippen molar-refractivity contribution in [2.24, 2.45) is 0 Å². The molecule has 2 aromatic rings. The minimum Gasteiger partial charge on any atom is -0.368 e. The third kappa shape index (κ3) is 6.94. The maximum absolute atomic E-state index is 12.4. The van der Waals surface area contributed by atoms with Crippen LogP contribution in [-0.4, -0.2) is 64.4 Å². The first-order chi connectivity index (χ1) is 15.3. The molecule has 0 unspecified atom stereocenters. The molecule has 1 heterocycles. The van der Waals surface area contributed by atoms with Crippen LogP contribution in [0.15, 0.2) is 59.5 Å². The normalized spacial score (nSPS) is 14.3. The Hall–Kier alpha value is -2.62. The second-order valence-corrected chi connectivity index (χ2v) is 9.61. The van der Waals surface area contributed by atoms with E-state index in [1.807, 2.05) is 23.1 Å². The van der Waals surface area contributed by atoms with Crippen molar-refractivity contribution in [3.8, 4) is 0 Å². The fourth-order valence-corrected chi connectivity index (χ4v) is 4.76. The van der Waals surface area contributed by atoms with E-state index in [0.717, 1.165) is 18.8 Å². The van der Waals surface area contributed by atoms with Crippen LogP contribution in [0.2, 0.25) is 5.02 Å². The van der Waals surface area contributed by atoms with Crippen LogP contribution in [0, 0.1) is 0 Å². The molecule has 2 aromatic carbocycles. The number of piperazine rings is 1. The zero-order valence-electron chi connectivity index (χ0n) is 17.7. The van der Waals surface area contributed by atoms with Crippen molar-refractivity contribution < 1.29 is 18.0 Å². The van der Waals surface area contributed by atoms with E-state index >= 15 is 0 Å². The van der Waals surface area contributed by atoms with Crippen molar-refractivity contribution in [1.82, 2.24) is 14.9 Å². The topological polar surface area (TPSA) is 98.8 Å². The molecule has 0 bridgehead atoms. The molecule has 8 nitrogen and oxygen atoms in total. The van der Waals surface area contributed by atoms with Crippen LogP contribution in [0.25, 0.3) is 0 Å². The van der Waals surface area contributed by atoms with Gasteiger partial charge in [0, 0.05) is 62.8 Å². The zero-order valence-corrected chi connectivity index (χ0v) is 19.2. The maximum Gasteiger partial charge on any atom is 0.240 e. The Morgan fingerprint density at radius 1 is 0.906 bits per heavy atom. The predicted octanol–water partition coefficient (Wildman–Crippen LogP) is 1.86. The Labute approximate surface area is 193 Å². The van der Waals surface area contributed by atoms with Gasteiger partial charge in [0.2, 0.25) is 21.8 Å². The SMILES string of the molecule is O=C(CCNS(=O)(=O)c1cccc(Cl)c1)NCCC(=O)N1CCN(c2ccccc2)CC1. The summed E-state index contributed by atoms with van der Waals surface area (Å²) in [7, 11) is -3.73. The molecule has 10 heteroatoms. The van der Waals surface area contributed by atoms with Gasteiger partial charge in [-0.3, -0.25) is 9.59 Å². The molecule has 3 rings (SSSR count). The molecule has 0 radical (unpaired) electrons. The number of nitrogens with one attached hydrogen (secondary N) is 2. The fourth-order valence-electron chi connectivity index (χ4n) is 3.42. The Kier molecular flexibility index (Phi) is 8.49. The second kappa shape index (κ2) is 11.3. The highest BCUT2D eigenvalue weighted by Crippen LogP contribution is 2.16. The largest absolute Gasteiger partial charge is 0.368 e. The Bertz CT molecular complexity index is 1030. The number of sulfonamides is 1. The number of carbonyl (C=O) groups is 2. The summed E-state index contributed by atoms with van der Waals surface area (Å²) in [4.78, 5) is 28.5. The van der Waals surface area contributed by atoms with Crippen LogP contribution < -0.4 is 14.9 Å². The maximum atomic E-state index is 12.4. The molecule has 0 aromatic heterocycles. The molecule has 172 valence electrons.